The van der Waals surface area contributed by atoms with Crippen LogP contribution in [-0.4, -0.2) is 37.2 Å². The average Bonchev–Trinajstić information content (AvgIpc) is 3.34. The van der Waals surface area contributed by atoms with Crippen molar-refractivity contribution in [3.8, 4) is 17.2 Å². The van der Waals surface area contributed by atoms with E-state index < -0.39 is 0 Å². The van der Waals surface area contributed by atoms with Crippen molar-refractivity contribution in [2.75, 3.05) is 26.6 Å². The lowest BCUT2D eigenvalue weighted by Gasteiger charge is -2.11. The second-order valence-corrected chi connectivity index (χ2v) is 7.07. The van der Waals surface area contributed by atoms with Crippen molar-refractivity contribution < 1.29 is 19.0 Å². The van der Waals surface area contributed by atoms with E-state index in [0.29, 0.717) is 33.6 Å². The summed E-state index contributed by atoms with van der Waals surface area (Å²) in [5.74, 6) is 1.40. The second-order valence-electron chi connectivity index (χ2n) is 5.98. The number of ether oxygens (including phenoxy) is 3. The number of H-pyrrole nitrogens is 1. The highest BCUT2D eigenvalue weighted by Gasteiger charge is 2.21. The third-order valence-corrected chi connectivity index (χ3v) is 5.57. The van der Waals surface area contributed by atoms with Gasteiger partial charge in [-0.05, 0) is 25.3 Å². The highest BCUT2D eigenvalue weighted by Crippen LogP contribution is 2.41. The predicted molar refractivity (Wildman–Crippen MR) is 100 cm³/mol. The Balaban J connectivity index is 1.70. The van der Waals surface area contributed by atoms with Crippen molar-refractivity contribution in [2.45, 2.75) is 19.3 Å². The first-order valence-corrected chi connectivity index (χ1v) is 9.08. The molecule has 7 nitrogen and oxygen atoms in total. The minimum Gasteiger partial charge on any atom is -0.496 e. The Kier molecular flexibility index (Phi) is 4.20. The maximum absolute atomic E-state index is 12.7. The van der Waals surface area contributed by atoms with E-state index in [2.05, 4.69) is 15.3 Å². The summed E-state index contributed by atoms with van der Waals surface area (Å²) in [6, 6.07) is 3.48. The van der Waals surface area contributed by atoms with Gasteiger partial charge in [-0.2, -0.15) is 0 Å². The maximum Gasteiger partial charge on any atom is 0.273 e. The fourth-order valence-electron chi connectivity index (χ4n) is 3.27. The van der Waals surface area contributed by atoms with Crippen molar-refractivity contribution in [1.29, 1.82) is 0 Å². The zero-order valence-corrected chi connectivity index (χ0v) is 15.6. The average molecular weight is 373 g/mol. The van der Waals surface area contributed by atoms with Crippen LogP contribution in [0.25, 0.3) is 10.9 Å². The first kappa shape index (κ1) is 16.7. The number of aromatic amines is 1. The Labute approximate surface area is 154 Å². The van der Waals surface area contributed by atoms with Gasteiger partial charge in [0.1, 0.15) is 11.4 Å². The van der Waals surface area contributed by atoms with Gasteiger partial charge in [-0.25, -0.2) is 4.98 Å². The molecule has 26 heavy (non-hydrogen) atoms. The van der Waals surface area contributed by atoms with Gasteiger partial charge < -0.3 is 19.2 Å². The molecule has 0 bridgehead atoms. The molecule has 0 atom stereocenters. The highest BCUT2D eigenvalue weighted by molar-refractivity contribution is 7.16. The molecule has 1 aliphatic rings. The predicted octanol–water partition coefficient (Wildman–Crippen LogP) is 3.39. The number of carbonyl (C=O) groups excluding carboxylic acids is 1. The Hall–Kier alpha value is -2.74. The number of aromatic nitrogens is 2. The van der Waals surface area contributed by atoms with Crippen LogP contribution in [0.3, 0.4) is 0 Å². The summed E-state index contributed by atoms with van der Waals surface area (Å²) < 4.78 is 16.2. The number of anilines is 1. The monoisotopic (exact) mass is 373 g/mol. The summed E-state index contributed by atoms with van der Waals surface area (Å²) in [5.41, 5.74) is 2.16. The number of methoxy groups -OCH3 is 3. The van der Waals surface area contributed by atoms with Crippen LogP contribution in [0.4, 0.5) is 5.13 Å². The van der Waals surface area contributed by atoms with Crippen LogP contribution in [0.15, 0.2) is 12.1 Å². The van der Waals surface area contributed by atoms with Gasteiger partial charge >= 0.3 is 0 Å². The molecule has 0 spiro atoms. The quantitative estimate of drug-likeness (QED) is 0.716. The lowest BCUT2D eigenvalue weighted by Crippen LogP contribution is -2.12. The Bertz CT molecular complexity index is 971. The van der Waals surface area contributed by atoms with E-state index >= 15 is 0 Å². The smallest absolute Gasteiger partial charge is 0.273 e. The molecule has 2 N–H and O–H groups in total. The molecule has 2 heterocycles. The van der Waals surface area contributed by atoms with Crippen LogP contribution < -0.4 is 19.5 Å². The third-order valence-electron chi connectivity index (χ3n) is 4.50. The fraction of sp³-hybridized carbons (Fsp3) is 0.333. The number of hydrogen-bond acceptors (Lipinski definition) is 6. The number of carbonyl (C=O) groups is 1. The van der Waals surface area contributed by atoms with Crippen LogP contribution in [0.2, 0.25) is 0 Å². The molecule has 1 amide bonds. The van der Waals surface area contributed by atoms with E-state index in [0.717, 1.165) is 30.3 Å². The van der Waals surface area contributed by atoms with Gasteiger partial charge in [0.15, 0.2) is 16.6 Å². The molecule has 8 heteroatoms. The molecule has 0 fully saturated rings. The highest BCUT2D eigenvalue weighted by atomic mass is 32.1. The summed E-state index contributed by atoms with van der Waals surface area (Å²) in [6.45, 7) is 0. The number of thiazole rings is 1. The first-order valence-electron chi connectivity index (χ1n) is 8.26. The fourth-order valence-corrected chi connectivity index (χ4v) is 4.31. The van der Waals surface area contributed by atoms with Gasteiger partial charge in [0, 0.05) is 16.3 Å². The van der Waals surface area contributed by atoms with Crippen molar-refractivity contribution >= 4 is 33.3 Å². The number of rotatable bonds is 5. The number of benzene rings is 1. The number of nitrogens with zero attached hydrogens (tertiary/aromatic N) is 1. The molecule has 2 aromatic heterocycles. The van der Waals surface area contributed by atoms with Gasteiger partial charge in [0.2, 0.25) is 0 Å². The molecule has 0 saturated carbocycles. The van der Waals surface area contributed by atoms with Crippen molar-refractivity contribution in [2.24, 2.45) is 0 Å². The minimum atomic E-state index is -0.253. The molecule has 3 aromatic rings. The molecule has 1 aromatic carbocycles. The summed E-state index contributed by atoms with van der Waals surface area (Å²) >= 11 is 1.55. The first-order chi connectivity index (χ1) is 12.6. The van der Waals surface area contributed by atoms with Gasteiger partial charge in [0.25, 0.3) is 5.91 Å². The van der Waals surface area contributed by atoms with Gasteiger partial charge in [-0.15, -0.1) is 11.3 Å². The number of nitrogens with one attached hydrogen (secondary N) is 2. The van der Waals surface area contributed by atoms with Crippen LogP contribution in [0, 0.1) is 0 Å². The number of aryl methyl sites for hydroxylation is 2. The number of fused-ring (bicyclic) bond motifs is 2. The van der Waals surface area contributed by atoms with Crippen LogP contribution in [0.1, 0.15) is 27.5 Å². The molecule has 0 unspecified atom stereocenters. The molecule has 0 aliphatic heterocycles. The Morgan fingerprint density at radius 1 is 1.15 bits per heavy atom. The molecule has 0 radical (unpaired) electrons. The summed E-state index contributed by atoms with van der Waals surface area (Å²) in [7, 11) is 4.69. The molecular formula is C18H19N3O4S. The van der Waals surface area contributed by atoms with E-state index in [1.54, 1.807) is 44.8 Å². The minimum absolute atomic E-state index is 0.253. The Morgan fingerprint density at radius 3 is 2.65 bits per heavy atom. The molecule has 0 saturated heterocycles. The zero-order valence-electron chi connectivity index (χ0n) is 14.8. The third kappa shape index (κ3) is 2.66. The topological polar surface area (TPSA) is 85.5 Å². The van der Waals surface area contributed by atoms with Crippen LogP contribution in [-0.2, 0) is 12.8 Å². The molecule has 1 aliphatic carbocycles. The van der Waals surface area contributed by atoms with Gasteiger partial charge in [-0.1, -0.05) is 0 Å². The van der Waals surface area contributed by atoms with Crippen molar-refractivity contribution in [1.82, 2.24) is 9.97 Å². The maximum atomic E-state index is 12.7. The summed E-state index contributed by atoms with van der Waals surface area (Å²) in [4.78, 5) is 21.6. The van der Waals surface area contributed by atoms with Crippen molar-refractivity contribution in [3.63, 3.8) is 0 Å². The molecular weight excluding hydrogens is 354 g/mol. The van der Waals surface area contributed by atoms with E-state index in [-0.39, 0.29) is 5.91 Å². The van der Waals surface area contributed by atoms with E-state index in [9.17, 15) is 4.79 Å². The van der Waals surface area contributed by atoms with E-state index in [4.69, 9.17) is 14.2 Å². The largest absolute Gasteiger partial charge is 0.496 e. The number of hydrogen-bond donors (Lipinski definition) is 2. The number of amides is 1. The zero-order chi connectivity index (χ0) is 18.3. The van der Waals surface area contributed by atoms with Crippen LogP contribution >= 0.6 is 11.3 Å². The molecule has 136 valence electrons. The second kappa shape index (κ2) is 6.53. The summed E-state index contributed by atoms with van der Waals surface area (Å²) in [6.07, 6.45) is 3.18. The Morgan fingerprint density at radius 2 is 1.96 bits per heavy atom. The lowest BCUT2D eigenvalue weighted by atomic mass is 10.2. The van der Waals surface area contributed by atoms with Crippen LogP contribution in [0.5, 0.6) is 17.2 Å². The SMILES string of the molecule is COc1cc(OC)c2cc(C(=O)Nc3nc4c(s3)CCC4)[nH]c2c1OC. The van der Waals surface area contributed by atoms with Gasteiger partial charge in [0.05, 0.1) is 32.5 Å². The van der Waals surface area contributed by atoms with E-state index in [1.165, 1.54) is 4.88 Å². The molecule has 4 rings (SSSR count). The lowest BCUT2D eigenvalue weighted by molar-refractivity contribution is 0.102. The van der Waals surface area contributed by atoms with Gasteiger partial charge in [-0.3, -0.25) is 10.1 Å². The van der Waals surface area contributed by atoms with Crippen molar-refractivity contribution in [3.05, 3.63) is 28.4 Å². The summed E-state index contributed by atoms with van der Waals surface area (Å²) in [5, 5.41) is 4.26. The van der Waals surface area contributed by atoms with E-state index in [1.807, 2.05) is 0 Å². The normalized spacial score (nSPS) is 12.9. The standard InChI is InChI=1S/C18H19N3O4S/c1-23-12-8-13(24-2)16(25-3)15-9(12)7-11(19-15)17(22)21-18-20-10-5-4-6-14(10)26-18/h7-8,19H,4-6H2,1-3H3,(H,20,21,22).